The Morgan fingerprint density at radius 3 is 2.81 bits per heavy atom. The first-order chi connectivity index (χ1) is 10.2. The third-order valence-electron chi connectivity index (χ3n) is 3.30. The minimum absolute atomic E-state index is 0.428. The van der Waals surface area contributed by atoms with E-state index in [2.05, 4.69) is 21.4 Å². The molecule has 1 aromatic heterocycles. The summed E-state index contributed by atoms with van der Waals surface area (Å²) < 4.78 is 5.29. The van der Waals surface area contributed by atoms with Gasteiger partial charge in [-0.15, -0.1) is 0 Å². The number of nitrogens with two attached hydrogens (primary N) is 1. The van der Waals surface area contributed by atoms with Gasteiger partial charge in [-0.2, -0.15) is 5.26 Å². The van der Waals surface area contributed by atoms with Crippen LogP contribution in [-0.4, -0.2) is 17.1 Å². The molecule has 1 aliphatic rings. The number of nitriles is 1. The van der Waals surface area contributed by atoms with Crippen LogP contribution in [0.2, 0.25) is 0 Å². The van der Waals surface area contributed by atoms with E-state index in [0.717, 1.165) is 24.4 Å². The fourth-order valence-electron chi connectivity index (χ4n) is 2.08. The Kier molecular flexibility index (Phi) is 3.32. The van der Waals surface area contributed by atoms with E-state index in [0.29, 0.717) is 28.9 Å². The molecule has 0 atom stereocenters. The van der Waals surface area contributed by atoms with Crippen molar-refractivity contribution >= 4 is 17.3 Å². The van der Waals surface area contributed by atoms with Crippen LogP contribution in [-0.2, 0) is 0 Å². The zero-order valence-corrected chi connectivity index (χ0v) is 11.6. The Bertz CT molecular complexity index is 718. The lowest BCUT2D eigenvalue weighted by atomic mass is 10.2. The van der Waals surface area contributed by atoms with Crippen LogP contribution in [0.15, 0.2) is 24.3 Å². The SMILES string of the molecule is COc1cc(C#N)ccc1Nc1cc(N)nc(C2CC2)n1. The van der Waals surface area contributed by atoms with E-state index in [1.807, 2.05) is 0 Å². The van der Waals surface area contributed by atoms with E-state index in [-0.39, 0.29) is 0 Å². The molecule has 1 aliphatic carbocycles. The average Bonchev–Trinajstić information content (AvgIpc) is 3.31. The van der Waals surface area contributed by atoms with Gasteiger partial charge in [-0.25, -0.2) is 9.97 Å². The molecule has 0 radical (unpaired) electrons. The number of hydrogen-bond donors (Lipinski definition) is 2. The first-order valence-corrected chi connectivity index (χ1v) is 6.69. The quantitative estimate of drug-likeness (QED) is 0.894. The van der Waals surface area contributed by atoms with E-state index in [4.69, 9.17) is 15.7 Å². The summed E-state index contributed by atoms with van der Waals surface area (Å²) >= 11 is 0. The largest absolute Gasteiger partial charge is 0.495 e. The number of nitrogens with one attached hydrogen (secondary N) is 1. The number of aromatic nitrogens is 2. The Hall–Kier alpha value is -2.81. The van der Waals surface area contributed by atoms with Crippen molar-refractivity contribution in [3.63, 3.8) is 0 Å². The second-order valence-electron chi connectivity index (χ2n) is 4.96. The predicted octanol–water partition coefficient (Wildman–Crippen LogP) is 2.56. The summed E-state index contributed by atoms with van der Waals surface area (Å²) in [7, 11) is 1.56. The van der Waals surface area contributed by atoms with Crippen molar-refractivity contribution in [1.82, 2.24) is 9.97 Å². The zero-order chi connectivity index (χ0) is 14.8. The van der Waals surface area contributed by atoms with Crippen LogP contribution in [0.3, 0.4) is 0 Å². The Morgan fingerprint density at radius 1 is 1.33 bits per heavy atom. The molecule has 0 spiro atoms. The molecule has 1 aromatic carbocycles. The van der Waals surface area contributed by atoms with Gasteiger partial charge in [0.25, 0.3) is 0 Å². The van der Waals surface area contributed by atoms with Crippen molar-refractivity contribution in [3.8, 4) is 11.8 Å². The van der Waals surface area contributed by atoms with E-state index in [9.17, 15) is 0 Å². The lowest BCUT2D eigenvalue weighted by Crippen LogP contribution is -2.03. The number of nitrogen functional groups attached to an aromatic ring is 1. The maximum Gasteiger partial charge on any atom is 0.143 e. The van der Waals surface area contributed by atoms with Gasteiger partial charge >= 0.3 is 0 Å². The van der Waals surface area contributed by atoms with Gasteiger partial charge in [0.1, 0.15) is 23.2 Å². The lowest BCUT2D eigenvalue weighted by molar-refractivity contribution is 0.416. The van der Waals surface area contributed by atoms with Crippen LogP contribution in [0.5, 0.6) is 5.75 Å². The Labute approximate surface area is 122 Å². The molecule has 1 heterocycles. The minimum atomic E-state index is 0.428. The monoisotopic (exact) mass is 281 g/mol. The topological polar surface area (TPSA) is 96.8 Å². The maximum atomic E-state index is 8.92. The van der Waals surface area contributed by atoms with Crippen molar-refractivity contribution in [2.45, 2.75) is 18.8 Å². The third kappa shape index (κ3) is 2.87. The van der Waals surface area contributed by atoms with Crippen LogP contribution in [0.25, 0.3) is 0 Å². The van der Waals surface area contributed by atoms with Crippen molar-refractivity contribution in [2.24, 2.45) is 0 Å². The number of rotatable bonds is 4. The first kappa shape index (κ1) is 13.2. The van der Waals surface area contributed by atoms with Crippen molar-refractivity contribution in [2.75, 3.05) is 18.2 Å². The molecule has 3 N–H and O–H groups in total. The number of benzene rings is 1. The molecule has 3 rings (SSSR count). The molecule has 0 saturated heterocycles. The second-order valence-corrected chi connectivity index (χ2v) is 4.96. The Balaban J connectivity index is 1.91. The second kappa shape index (κ2) is 5.29. The van der Waals surface area contributed by atoms with Gasteiger partial charge in [0.2, 0.25) is 0 Å². The van der Waals surface area contributed by atoms with Crippen LogP contribution >= 0.6 is 0 Å². The molecule has 106 valence electrons. The molecule has 0 bridgehead atoms. The summed E-state index contributed by atoms with van der Waals surface area (Å²) in [6.45, 7) is 0. The first-order valence-electron chi connectivity index (χ1n) is 6.69. The number of hydrogen-bond acceptors (Lipinski definition) is 6. The maximum absolute atomic E-state index is 8.92. The molecule has 6 heteroatoms. The molecule has 0 unspecified atom stereocenters. The van der Waals surface area contributed by atoms with E-state index < -0.39 is 0 Å². The third-order valence-corrected chi connectivity index (χ3v) is 3.30. The van der Waals surface area contributed by atoms with E-state index >= 15 is 0 Å². The fourth-order valence-corrected chi connectivity index (χ4v) is 2.08. The highest BCUT2D eigenvalue weighted by molar-refractivity contribution is 5.66. The van der Waals surface area contributed by atoms with Crippen LogP contribution in [0, 0.1) is 11.3 Å². The molecular formula is C15H15N5O. The van der Waals surface area contributed by atoms with E-state index in [1.54, 1.807) is 31.4 Å². The molecule has 0 amide bonds. The van der Waals surface area contributed by atoms with Crippen LogP contribution in [0.4, 0.5) is 17.3 Å². The van der Waals surface area contributed by atoms with Gasteiger partial charge in [0, 0.05) is 18.1 Å². The Morgan fingerprint density at radius 2 is 2.14 bits per heavy atom. The molecule has 6 nitrogen and oxygen atoms in total. The summed E-state index contributed by atoms with van der Waals surface area (Å²) in [5, 5.41) is 12.1. The highest BCUT2D eigenvalue weighted by atomic mass is 16.5. The lowest BCUT2D eigenvalue weighted by Gasteiger charge is -2.12. The minimum Gasteiger partial charge on any atom is -0.495 e. The number of ether oxygens (including phenoxy) is 1. The summed E-state index contributed by atoms with van der Waals surface area (Å²) in [4.78, 5) is 8.75. The highest BCUT2D eigenvalue weighted by Gasteiger charge is 2.27. The average molecular weight is 281 g/mol. The fraction of sp³-hybridized carbons (Fsp3) is 0.267. The molecule has 21 heavy (non-hydrogen) atoms. The predicted molar refractivity (Wildman–Crippen MR) is 79.4 cm³/mol. The summed E-state index contributed by atoms with van der Waals surface area (Å²) in [6, 6.07) is 8.94. The van der Waals surface area contributed by atoms with Crippen molar-refractivity contribution in [3.05, 3.63) is 35.7 Å². The van der Waals surface area contributed by atoms with Gasteiger partial charge in [-0.05, 0) is 25.0 Å². The highest BCUT2D eigenvalue weighted by Crippen LogP contribution is 2.39. The molecule has 0 aliphatic heterocycles. The zero-order valence-electron chi connectivity index (χ0n) is 11.6. The number of nitrogens with zero attached hydrogens (tertiary/aromatic N) is 3. The molecule has 1 fully saturated rings. The molecule has 2 aromatic rings. The summed E-state index contributed by atoms with van der Waals surface area (Å²) in [6.07, 6.45) is 2.23. The van der Waals surface area contributed by atoms with Crippen LogP contribution in [0.1, 0.15) is 30.1 Å². The summed E-state index contributed by atoms with van der Waals surface area (Å²) in [5.74, 6) is 2.87. The smallest absolute Gasteiger partial charge is 0.143 e. The van der Waals surface area contributed by atoms with Gasteiger partial charge in [0.05, 0.1) is 24.4 Å². The molecule has 1 saturated carbocycles. The molecular weight excluding hydrogens is 266 g/mol. The normalized spacial score (nSPS) is 13.5. The number of anilines is 3. The number of methoxy groups -OCH3 is 1. The van der Waals surface area contributed by atoms with Gasteiger partial charge in [0.15, 0.2) is 0 Å². The van der Waals surface area contributed by atoms with Crippen LogP contribution < -0.4 is 15.8 Å². The van der Waals surface area contributed by atoms with Gasteiger partial charge in [-0.1, -0.05) is 0 Å². The van der Waals surface area contributed by atoms with Crippen molar-refractivity contribution in [1.29, 1.82) is 5.26 Å². The van der Waals surface area contributed by atoms with Gasteiger partial charge < -0.3 is 15.8 Å². The van der Waals surface area contributed by atoms with E-state index in [1.165, 1.54) is 0 Å². The van der Waals surface area contributed by atoms with Crippen molar-refractivity contribution < 1.29 is 4.74 Å². The standard InChI is InChI=1S/C15H15N5O/c1-21-12-6-9(8-16)2-5-11(12)18-14-7-13(17)19-15(20-14)10-3-4-10/h2,5-7,10H,3-4H2,1H3,(H3,17,18,19,20). The summed E-state index contributed by atoms with van der Waals surface area (Å²) in [5.41, 5.74) is 7.10. The van der Waals surface area contributed by atoms with Gasteiger partial charge in [-0.3, -0.25) is 0 Å².